The zero-order chi connectivity index (χ0) is 41.2. The number of nitrogens with one attached hydrogen (secondary N) is 1. The van der Waals surface area contributed by atoms with E-state index in [1.54, 1.807) is 0 Å². The molecule has 56 heavy (non-hydrogen) atoms. The van der Waals surface area contributed by atoms with Crippen molar-refractivity contribution in [3.8, 4) is 0 Å². The Bertz CT molecular complexity index is 867. The van der Waals surface area contributed by atoms with Crippen LogP contribution in [0.25, 0.3) is 0 Å². The van der Waals surface area contributed by atoms with Crippen LogP contribution in [0, 0.1) is 0 Å². The third kappa shape index (κ3) is 40.2. The smallest absolute Gasteiger partial charge is 0.393 e. The van der Waals surface area contributed by atoms with Gasteiger partial charge in [-0.25, -0.2) is 4.57 Å². The van der Waals surface area contributed by atoms with E-state index in [0.717, 1.165) is 38.5 Å². The second-order valence-electron chi connectivity index (χ2n) is 16.9. The molecule has 0 aromatic carbocycles. The minimum absolute atomic E-state index is 0.0627. The molecule has 0 fully saturated rings. The van der Waals surface area contributed by atoms with Crippen LogP contribution in [0.1, 0.15) is 251 Å². The molecule has 10 heteroatoms. The highest BCUT2D eigenvalue weighted by atomic mass is 31.2. The van der Waals surface area contributed by atoms with Crippen molar-refractivity contribution in [1.29, 1.82) is 0 Å². The fourth-order valence-corrected chi connectivity index (χ4v) is 8.35. The minimum atomic E-state index is -4.37. The molecule has 0 aromatic heterocycles. The maximum atomic E-state index is 12.9. The summed E-state index contributed by atoms with van der Waals surface area (Å²) in [6.07, 6.45) is 42.9. The number of unbranched alkanes of at least 4 members (excludes halogenated alkanes) is 32. The van der Waals surface area contributed by atoms with Crippen LogP contribution in [0.15, 0.2) is 0 Å². The van der Waals surface area contributed by atoms with Crippen LogP contribution in [-0.4, -0.2) is 59.0 Å². The first-order valence-electron chi connectivity index (χ1n) is 24.2. The summed E-state index contributed by atoms with van der Waals surface area (Å²) in [5.41, 5.74) is 5.38. The number of nitrogens with two attached hydrogens (primary N) is 1. The first kappa shape index (κ1) is 55.5. The van der Waals surface area contributed by atoms with Gasteiger partial charge in [0.15, 0.2) is 0 Å². The van der Waals surface area contributed by atoms with Crippen LogP contribution in [0.4, 0.5) is 0 Å². The number of hydrogen-bond donors (Lipinski definition) is 5. The molecule has 0 aliphatic rings. The van der Waals surface area contributed by atoms with Gasteiger partial charge in [-0.2, -0.15) is 0 Å². The normalized spacial score (nSPS) is 14.5. The van der Waals surface area contributed by atoms with E-state index in [9.17, 15) is 24.5 Å². The Morgan fingerprint density at radius 1 is 0.536 bits per heavy atom. The fourth-order valence-electron chi connectivity index (χ4n) is 7.59. The molecule has 4 atom stereocenters. The molecule has 0 radical (unpaired) electrons. The van der Waals surface area contributed by atoms with E-state index in [0.29, 0.717) is 12.8 Å². The quantitative estimate of drug-likeness (QED) is 0.0301. The van der Waals surface area contributed by atoms with Gasteiger partial charge in [0.2, 0.25) is 5.91 Å². The molecule has 0 bridgehead atoms. The van der Waals surface area contributed by atoms with Gasteiger partial charge in [-0.05, 0) is 12.8 Å². The molecule has 1 amide bonds. The molecular weight excluding hydrogens is 723 g/mol. The minimum Gasteiger partial charge on any atom is -0.393 e. The molecule has 0 heterocycles. The number of amides is 1. The topological polar surface area (TPSA) is 151 Å². The van der Waals surface area contributed by atoms with Crippen molar-refractivity contribution in [3.63, 3.8) is 0 Å². The van der Waals surface area contributed by atoms with Crippen molar-refractivity contribution >= 4 is 13.7 Å². The predicted molar refractivity (Wildman–Crippen MR) is 237 cm³/mol. The van der Waals surface area contributed by atoms with Gasteiger partial charge in [0.1, 0.15) is 0 Å². The highest BCUT2D eigenvalue weighted by Crippen LogP contribution is 2.43. The number of carbonyl (C=O) groups is 1. The van der Waals surface area contributed by atoms with Gasteiger partial charge in [-0.15, -0.1) is 0 Å². The molecule has 6 N–H and O–H groups in total. The van der Waals surface area contributed by atoms with Gasteiger partial charge in [-0.1, -0.05) is 232 Å². The van der Waals surface area contributed by atoms with E-state index < -0.39 is 32.0 Å². The fraction of sp³-hybridized carbons (Fsp3) is 0.978. The van der Waals surface area contributed by atoms with Gasteiger partial charge in [0.25, 0.3) is 0 Å². The second-order valence-corrected chi connectivity index (χ2v) is 18.3. The Morgan fingerprint density at radius 3 is 1.20 bits per heavy atom. The summed E-state index contributed by atoms with van der Waals surface area (Å²) in [6, 6.07) is -0.890. The standard InChI is InChI=1S/C46H95N2O7P/c1-3-5-7-9-11-13-15-17-19-20-21-22-23-24-25-27-29-31-33-35-37-43(49)41-46(51)48-44(42-55-56(52,53)54-40-39-47)45(50)38-36-34-32-30-28-26-18-16-14-12-10-8-6-4-2/h43-45,49-50H,3-42,47H2,1-2H3,(H,48,51)(H,52,53). The lowest BCUT2D eigenvalue weighted by Crippen LogP contribution is -2.47. The van der Waals surface area contributed by atoms with E-state index in [2.05, 4.69) is 19.2 Å². The van der Waals surface area contributed by atoms with E-state index >= 15 is 0 Å². The number of carbonyl (C=O) groups excluding carboxylic acids is 1. The molecule has 0 aliphatic carbocycles. The lowest BCUT2D eigenvalue weighted by molar-refractivity contribution is -0.125. The lowest BCUT2D eigenvalue weighted by atomic mass is 10.0. The Hall–Kier alpha value is -0.540. The molecule has 0 saturated carbocycles. The van der Waals surface area contributed by atoms with Crippen molar-refractivity contribution in [3.05, 3.63) is 0 Å². The third-order valence-electron chi connectivity index (χ3n) is 11.3. The van der Waals surface area contributed by atoms with Gasteiger partial charge in [-0.3, -0.25) is 13.8 Å². The summed E-state index contributed by atoms with van der Waals surface area (Å²) in [6.45, 7) is 4.08. The predicted octanol–water partition coefficient (Wildman–Crippen LogP) is 12.8. The Balaban J connectivity index is 4.12. The van der Waals surface area contributed by atoms with Gasteiger partial charge >= 0.3 is 7.82 Å². The van der Waals surface area contributed by atoms with Crippen LogP contribution in [0.2, 0.25) is 0 Å². The van der Waals surface area contributed by atoms with Gasteiger partial charge in [0, 0.05) is 6.54 Å². The van der Waals surface area contributed by atoms with Crippen molar-refractivity contribution in [2.45, 2.75) is 270 Å². The summed E-state index contributed by atoms with van der Waals surface area (Å²) in [4.78, 5) is 22.8. The molecule has 4 unspecified atom stereocenters. The Kier molecular flexibility index (Phi) is 42.2. The molecule has 0 rings (SSSR count). The van der Waals surface area contributed by atoms with Crippen molar-refractivity contribution in [1.82, 2.24) is 5.32 Å². The van der Waals surface area contributed by atoms with Gasteiger partial charge in [0.05, 0.1) is 37.9 Å². The molecular formula is C46H95N2O7P. The molecule has 0 aliphatic heterocycles. The maximum Gasteiger partial charge on any atom is 0.472 e. The number of phosphoric ester groups is 1. The van der Waals surface area contributed by atoms with Crippen molar-refractivity contribution in [2.75, 3.05) is 19.8 Å². The van der Waals surface area contributed by atoms with E-state index in [1.165, 1.54) is 180 Å². The maximum absolute atomic E-state index is 12.9. The molecule has 0 aromatic rings. The van der Waals surface area contributed by atoms with Crippen LogP contribution in [0.5, 0.6) is 0 Å². The summed E-state index contributed by atoms with van der Waals surface area (Å²) >= 11 is 0. The molecule has 336 valence electrons. The van der Waals surface area contributed by atoms with Crippen molar-refractivity contribution in [2.24, 2.45) is 5.73 Å². The zero-order valence-electron chi connectivity index (χ0n) is 37.0. The monoisotopic (exact) mass is 819 g/mol. The lowest BCUT2D eigenvalue weighted by Gasteiger charge is -2.25. The number of phosphoric acid groups is 1. The SMILES string of the molecule is CCCCCCCCCCCCCCCCCCCCCCC(O)CC(=O)NC(COP(=O)(O)OCCN)C(O)CCCCCCCCCCCCCCCC. The largest absolute Gasteiger partial charge is 0.472 e. The second kappa shape index (κ2) is 42.6. The average Bonchev–Trinajstić information content (AvgIpc) is 3.17. The highest BCUT2D eigenvalue weighted by molar-refractivity contribution is 7.47. The number of aliphatic hydroxyl groups excluding tert-OH is 2. The van der Waals surface area contributed by atoms with E-state index in [4.69, 9.17) is 14.8 Å². The molecule has 9 nitrogen and oxygen atoms in total. The Morgan fingerprint density at radius 2 is 0.857 bits per heavy atom. The van der Waals surface area contributed by atoms with E-state index in [1.807, 2.05) is 0 Å². The van der Waals surface area contributed by atoms with Crippen LogP contribution >= 0.6 is 7.82 Å². The van der Waals surface area contributed by atoms with Crippen LogP contribution < -0.4 is 11.1 Å². The number of hydrogen-bond acceptors (Lipinski definition) is 7. The van der Waals surface area contributed by atoms with E-state index in [-0.39, 0.29) is 26.2 Å². The first-order chi connectivity index (χ1) is 27.3. The number of aliphatic hydroxyl groups is 2. The highest BCUT2D eigenvalue weighted by Gasteiger charge is 2.28. The van der Waals surface area contributed by atoms with Crippen LogP contribution in [-0.2, 0) is 18.4 Å². The van der Waals surface area contributed by atoms with Crippen molar-refractivity contribution < 1.29 is 33.5 Å². The van der Waals surface area contributed by atoms with Gasteiger partial charge < -0.3 is 26.2 Å². The number of rotatable bonds is 46. The summed E-state index contributed by atoms with van der Waals surface area (Å²) in [7, 11) is -4.37. The summed E-state index contributed by atoms with van der Waals surface area (Å²) < 4.78 is 22.2. The first-order valence-corrected chi connectivity index (χ1v) is 25.7. The third-order valence-corrected chi connectivity index (χ3v) is 12.2. The summed E-state index contributed by atoms with van der Waals surface area (Å²) in [5, 5.41) is 24.3. The average molecular weight is 819 g/mol. The zero-order valence-corrected chi connectivity index (χ0v) is 37.9. The summed E-state index contributed by atoms with van der Waals surface area (Å²) in [5.74, 6) is -0.407. The Labute approximate surface area is 346 Å². The molecule has 0 spiro atoms. The molecule has 0 saturated heterocycles. The van der Waals surface area contributed by atoms with Crippen LogP contribution in [0.3, 0.4) is 0 Å².